The lowest BCUT2D eigenvalue weighted by atomic mass is 9.96. The lowest BCUT2D eigenvalue weighted by Crippen LogP contribution is -2.30. The molecule has 0 spiro atoms. The molecule has 0 fully saturated rings. The van der Waals surface area contributed by atoms with Crippen molar-refractivity contribution in [2.24, 2.45) is 0 Å². The molecule has 0 saturated heterocycles. The van der Waals surface area contributed by atoms with Crippen molar-refractivity contribution in [2.45, 2.75) is 12.8 Å². The quantitative estimate of drug-likeness (QED) is 0.162. The maximum atomic E-state index is 12.8. The number of hydrogen-bond donors (Lipinski definition) is 1. The van der Waals surface area contributed by atoms with E-state index >= 15 is 0 Å². The molecule has 1 amide bonds. The van der Waals surface area contributed by atoms with E-state index in [4.69, 9.17) is 34.2 Å². The van der Waals surface area contributed by atoms with E-state index in [1.807, 2.05) is 6.07 Å². The van der Waals surface area contributed by atoms with Crippen molar-refractivity contribution in [1.29, 1.82) is 0 Å². The first-order valence-electron chi connectivity index (χ1n) is 13.5. The highest BCUT2D eigenvalue weighted by molar-refractivity contribution is 7.86. The summed E-state index contributed by atoms with van der Waals surface area (Å²) < 4.78 is 115. The smallest absolute Gasteiger partial charge is 0.471 e. The van der Waals surface area contributed by atoms with Crippen molar-refractivity contribution >= 4 is 43.4 Å². The average Bonchev–Trinajstić information content (AvgIpc) is 2.99. The summed E-state index contributed by atoms with van der Waals surface area (Å²) in [5.41, 5.74) is 0.930. The Morgan fingerprint density at radius 1 is 0.771 bits per heavy atom. The maximum Gasteiger partial charge on any atom is 0.471 e. The van der Waals surface area contributed by atoms with Gasteiger partial charge in [0.15, 0.2) is 23.0 Å². The van der Waals surface area contributed by atoms with Crippen molar-refractivity contribution < 1.29 is 57.4 Å². The van der Waals surface area contributed by atoms with Gasteiger partial charge in [0.05, 0.1) is 43.0 Å². The molecular weight excluding hydrogens is 703 g/mol. The highest BCUT2D eigenvalue weighted by Crippen LogP contribution is 2.52. The molecule has 11 nitrogen and oxygen atoms in total. The van der Waals surface area contributed by atoms with Crippen molar-refractivity contribution in [3.05, 3.63) is 83.4 Å². The van der Waals surface area contributed by atoms with E-state index in [0.29, 0.717) is 0 Å². The topological polar surface area (TPSA) is 144 Å². The van der Waals surface area contributed by atoms with Crippen LogP contribution in [0.1, 0.15) is 5.56 Å². The van der Waals surface area contributed by atoms with E-state index in [0.717, 1.165) is 24.1 Å². The van der Waals surface area contributed by atoms with Crippen LogP contribution in [0, 0.1) is 0 Å². The van der Waals surface area contributed by atoms with Crippen molar-refractivity contribution in [3.63, 3.8) is 0 Å². The number of anilines is 1. The van der Waals surface area contributed by atoms with Gasteiger partial charge in [-0.15, -0.1) is 0 Å². The third-order valence-electron chi connectivity index (χ3n) is 6.35. The van der Waals surface area contributed by atoms with E-state index in [-0.39, 0.29) is 68.3 Å². The van der Waals surface area contributed by atoms with Crippen molar-refractivity contribution in [2.75, 3.05) is 32.0 Å². The van der Waals surface area contributed by atoms with Crippen LogP contribution in [-0.4, -0.2) is 55.7 Å². The number of amides is 1. The maximum absolute atomic E-state index is 12.8. The third kappa shape index (κ3) is 9.02. The van der Waals surface area contributed by atoms with Crippen LogP contribution >= 0.6 is 11.6 Å². The van der Waals surface area contributed by atoms with Gasteiger partial charge >= 0.3 is 32.3 Å². The number of carbonyl (C=O) groups excluding carboxylic acids is 1. The minimum atomic E-state index is -5.16. The fraction of sp³-hybridized carbons (Fsp3) is 0.194. The molecule has 0 unspecified atom stereocenters. The van der Waals surface area contributed by atoms with Gasteiger partial charge in [0.2, 0.25) is 0 Å². The Morgan fingerprint density at radius 2 is 1.42 bits per heavy atom. The summed E-state index contributed by atoms with van der Waals surface area (Å²) in [6, 6.07) is 18.3. The van der Waals surface area contributed by atoms with Crippen LogP contribution in [0.2, 0.25) is 5.02 Å². The number of rotatable bonds is 12. The van der Waals surface area contributed by atoms with Crippen LogP contribution in [0.5, 0.6) is 28.7 Å². The molecule has 0 aliphatic heterocycles. The molecule has 0 atom stereocenters. The molecule has 1 N–H and O–H groups in total. The molecule has 0 aliphatic rings. The zero-order chi connectivity index (χ0) is 35.4. The van der Waals surface area contributed by atoms with Gasteiger partial charge in [0.25, 0.3) is 0 Å². The predicted octanol–water partition coefficient (Wildman–Crippen LogP) is 6.45. The molecular formula is C31H27ClF3NO10S2. The zero-order valence-corrected chi connectivity index (χ0v) is 27.9. The lowest BCUT2D eigenvalue weighted by molar-refractivity contribution is -0.167. The van der Waals surface area contributed by atoms with Gasteiger partial charge in [-0.3, -0.25) is 4.79 Å². The standard InChI is InChI=1S/C31H27ClF3NO10S2/c1-42-26-16-21(19-10-12-23(22(32)14-19)36-30(37)31(33,34)35)28(43-2)29(46-48(4,40)41)27(26)20-11-13-24(25(15-20)45-47(3,38)39)44-17-18-8-6-5-7-9-18/h5-16H,17H2,1-4H3,(H,36,37). The monoisotopic (exact) mass is 729 g/mol. The van der Waals surface area contributed by atoms with Crippen molar-refractivity contribution in [1.82, 2.24) is 0 Å². The molecule has 4 rings (SSSR count). The summed E-state index contributed by atoms with van der Waals surface area (Å²) in [7, 11) is -5.86. The second kappa shape index (κ2) is 14.2. The number of ether oxygens (including phenoxy) is 3. The van der Waals surface area contributed by atoms with Crippen LogP contribution < -0.4 is 27.9 Å². The Balaban J connectivity index is 1.90. The Hall–Kier alpha value is -4.67. The van der Waals surface area contributed by atoms with E-state index in [9.17, 15) is 34.8 Å². The molecule has 0 bridgehead atoms. The van der Waals surface area contributed by atoms with Gasteiger partial charge in [0.1, 0.15) is 12.4 Å². The number of alkyl halides is 3. The lowest BCUT2D eigenvalue weighted by Gasteiger charge is -2.21. The minimum absolute atomic E-state index is 0.00159. The second-order valence-electron chi connectivity index (χ2n) is 10.0. The molecule has 4 aromatic rings. The molecule has 4 aromatic carbocycles. The first-order chi connectivity index (χ1) is 22.4. The van der Waals surface area contributed by atoms with Crippen molar-refractivity contribution in [3.8, 4) is 51.0 Å². The Kier molecular flexibility index (Phi) is 10.7. The largest absolute Gasteiger partial charge is 0.496 e. The number of halogens is 4. The molecule has 48 heavy (non-hydrogen) atoms. The second-order valence-corrected chi connectivity index (χ2v) is 13.6. The fourth-order valence-electron chi connectivity index (χ4n) is 4.42. The first-order valence-corrected chi connectivity index (χ1v) is 17.5. The highest BCUT2D eigenvalue weighted by Gasteiger charge is 2.39. The molecule has 0 aliphatic carbocycles. The Morgan fingerprint density at radius 3 is 1.98 bits per heavy atom. The van der Waals surface area contributed by atoms with Crippen LogP contribution in [0.4, 0.5) is 18.9 Å². The van der Waals surface area contributed by atoms with E-state index in [2.05, 4.69) is 0 Å². The zero-order valence-electron chi connectivity index (χ0n) is 25.5. The molecule has 0 aromatic heterocycles. The van der Waals surface area contributed by atoms with Gasteiger partial charge in [-0.05, 0) is 47.0 Å². The van der Waals surface area contributed by atoms with Gasteiger partial charge in [-0.2, -0.15) is 30.0 Å². The van der Waals surface area contributed by atoms with Gasteiger partial charge in [-0.1, -0.05) is 54.1 Å². The van der Waals surface area contributed by atoms with Gasteiger partial charge in [-0.25, -0.2) is 0 Å². The number of hydrogen-bond acceptors (Lipinski definition) is 10. The normalized spacial score (nSPS) is 11.8. The van der Waals surface area contributed by atoms with E-state index in [1.165, 1.54) is 50.6 Å². The molecule has 256 valence electrons. The summed E-state index contributed by atoms with van der Waals surface area (Å²) in [6.07, 6.45) is -3.55. The minimum Gasteiger partial charge on any atom is -0.496 e. The SMILES string of the molecule is COc1cc(-c2ccc(NC(=O)C(F)(F)F)c(Cl)c2)c(OC)c(OS(C)(=O)=O)c1-c1ccc(OCc2ccccc2)c(OS(C)(=O)=O)c1. The Bertz CT molecular complexity index is 2060. The van der Waals surface area contributed by atoms with E-state index < -0.39 is 32.3 Å². The van der Waals surface area contributed by atoms with Crippen LogP contribution in [-0.2, 0) is 31.6 Å². The summed E-state index contributed by atoms with van der Waals surface area (Å²) >= 11 is 6.21. The van der Waals surface area contributed by atoms with Crippen LogP contribution in [0.15, 0.2) is 72.8 Å². The average molecular weight is 730 g/mol. The predicted molar refractivity (Wildman–Crippen MR) is 172 cm³/mol. The van der Waals surface area contributed by atoms with Gasteiger partial charge in [0, 0.05) is 5.56 Å². The molecule has 0 saturated carbocycles. The van der Waals surface area contributed by atoms with Crippen LogP contribution in [0.3, 0.4) is 0 Å². The van der Waals surface area contributed by atoms with Gasteiger partial charge < -0.3 is 27.9 Å². The number of carbonyl (C=O) groups is 1. The number of benzene rings is 4. The number of nitrogens with one attached hydrogen (secondary N) is 1. The molecule has 0 radical (unpaired) electrons. The molecule has 0 heterocycles. The summed E-state index contributed by atoms with van der Waals surface area (Å²) in [6.45, 7) is 0.0653. The molecule has 17 heteroatoms. The third-order valence-corrected chi connectivity index (χ3v) is 7.62. The summed E-state index contributed by atoms with van der Waals surface area (Å²) in [5.74, 6) is -2.98. The van der Waals surface area contributed by atoms with Crippen LogP contribution in [0.25, 0.3) is 22.3 Å². The Labute approximate surface area is 279 Å². The van der Waals surface area contributed by atoms with E-state index in [1.54, 1.807) is 29.6 Å². The summed E-state index contributed by atoms with van der Waals surface area (Å²) in [4.78, 5) is 11.4. The first kappa shape index (κ1) is 36.2. The fourth-order valence-corrected chi connectivity index (χ4v) is 5.57. The summed E-state index contributed by atoms with van der Waals surface area (Å²) in [5, 5.41) is 1.39. The number of methoxy groups -OCH3 is 2. The highest BCUT2D eigenvalue weighted by atomic mass is 35.5.